The van der Waals surface area contributed by atoms with Crippen molar-refractivity contribution in [3.8, 4) is 0 Å². The van der Waals surface area contributed by atoms with Crippen molar-refractivity contribution in [2.45, 2.75) is 31.2 Å². The molecule has 0 aromatic heterocycles. The molecule has 0 saturated heterocycles. The van der Waals surface area contributed by atoms with Crippen LogP contribution in [0.5, 0.6) is 0 Å². The largest absolute Gasteiger partial charge is 0.480 e. The fourth-order valence-electron chi connectivity index (χ4n) is 1.98. The maximum absolute atomic E-state index is 12.0. The summed E-state index contributed by atoms with van der Waals surface area (Å²) in [7, 11) is 0. The molecule has 9 nitrogen and oxygen atoms in total. The minimum atomic E-state index is -1.13. The van der Waals surface area contributed by atoms with Crippen molar-refractivity contribution in [1.29, 1.82) is 0 Å². The van der Waals surface area contributed by atoms with Crippen LogP contribution >= 0.6 is 11.8 Å². The van der Waals surface area contributed by atoms with Crippen molar-refractivity contribution in [3.05, 3.63) is 33.9 Å². The van der Waals surface area contributed by atoms with Crippen LogP contribution in [0.25, 0.3) is 0 Å². The van der Waals surface area contributed by atoms with Crippen LogP contribution in [0.1, 0.15) is 30.6 Å². The van der Waals surface area contributed by atoms with E-state index in [-0.39, 0.29) is 27.8 Å². The normalized spacial score (nSPS) is 12.9. The van der Waals surface area contributed by atoms with Crippen LogP contribution in [0, 0.1) is 16.0 Å². The number of nitrogens with two attached hydrogens (primary N) is 1. The molecule has 0 fully saturated rings. The topological polar surface area (TPSA) is 153 Å². The van der Waals surface area contributed by atoms with E-state index in [0.717, 1.165) is 17.8 Å². The molecule has 0 spiro atoms. The average Bonchev–Trinajstić information content (AvgIpc) is 2.56. The Morgan fingerprint density at radius 1 is 1.40 bits per heavy atom. The van der Waals surface area contributed by atoms with Gasteiger partial charge in [0, 0.05) is 11.6 Å². The van der Waals surface area contributed by atoms with E-state index in [9.17, 15) is 24.5 Å². The molecule has 25 heavy (non-hydrogen) atoms. The SMILES string of the molecule is CC[C@H](C)[C@H](NC(=O)CSc1ccc(C(N)=O)cc1[N+](=O)[O-])C(=O)O. The van der Waals surface area contributed by atoms with Crippen LogP contribution in [-0.2, 0) is 9.59 Å². The Bertz CT molecular complexity index is 694. The maximum atomic E-state index is 12.0. The van der Waals surface area contributed by atoms with Gasteiger partial charge in [-0.1, -0.05) is 20.3 Å². The van der Waals surface area contributed by atoms with Crippen LogP contribution in [-0.4, -0.2) is 39.6 Å². The zero-order chi connectivity index (χ0) is 19.1. The lowest BCUT2D eigenvalue weighted by Gasteiger charge is -2.19. The van der Waals surface area contributed by atoms with E-state index < -0.39 is 28.7 Å². The number of nitrogens with zero attached hydrogens (tertiary/aromatic N) is 1. The zero-order valence-corrected chi connectivity index (χ0v) is 14.5. The molecule has 10 heteroatoms. The molecule has 2 atom stereocenters. The lowest BCUT2D eigenvalue weighted by Crippen LogP contribution is -2.45. The summed E-state index contributed by atoms with van der Waals surface area (Å²) in [5.41, 5.74) is 4.74. The molecule has 0 aliphatic rings. The fourth-order valence-corrected chi connectivity index (χ4v) is 2.79. The Labute approximate surface area is 148 Å². The summed E-state index contributed by atoms with van der Waals surface area (Å²) < 4.78 is 0. The summed E-state index contributed by atoms with van der Waals surface area (Å²) in [5.74, 6) is -2.93. The molecule has 0 unspecified atom stereocenters. The number of primary amides is 1. The summed E-state index contributed by atoms with van der Waals surface area (Å²) in [5, 5.41) is 22.7. The average molecular weight is 369 g/mol. The lowest BCUT2D eigenvalue weighted by molar-refractivity contribution is -0.387. The van der Waals surface area contributed by atoms with E-state index in [0.29, 0.717) is 6.42 Å². The number of nitro benzene ring substituents is 1. The highest BCUT2D eigenvalue weighted by Gasteiger charge is 2.25. The van der Waals surface area contributed by atoms with E-state index in [2.05, 4.69) is 5.32 Å². The summed E-state index contributed by atoms with van der Waals surface area (Å²) in [6.45, 7) is 3.52. The number of aliphatic carboxylic acids is 1. The molecule has 4 N–H and O–H groups in total. The molecule has 0 saturated carbocycles. The van der Waals surface area contributed by atoms with Gasteiger partial charge in [-0.15, -0.1) is 11.8 Å². The van der Waals surface area contributed by atoms with Gasteiger partial charge in [-0.3, -0.25) is 19.7 Å². The standard InChI is InChI=1S/C15H19N3O6S/c1-3-8(2)13(15(21)22)17-12(19)7-25-11-5-4-9(14(16)20)6-10(11)18(23)24/h4-6,8,13H,3,7H2,1-2H3,(H2,16,20)(H,17,19)(H,21,22)/t8-,13-/m0/s1. The predicted octanol–water partition coefficient (Wildman–Crippen LogP) is 1.40. The smallest absolute Gasteiger partial charge is 0.326 e. The quantitative estimate of drug-likeness (QED) is 0.338. The summed E-state index contributed by atoms with van der Waals surface area (Å²) in [6, 6.07) is 2.68. The number of thioether (sulfide) groups is 1. The monoisotopic (exact) mass is 369 g/mol. The highest BCUT2D eigenvalue weighted by molar-refractivity contribution is 8.00. The van der Waals surface area contributed by atoms with Crippen molar-refractivity contribution in [2.75, 3.05) is 5.75 Å². The van der Waals surface area contributed by atoms with Crippen LogP contribution in [0.2, 0.25) is 0 Å². The molecule has 0 bridgehead atoms. The van der Waals surface area contributed by atoms with Crippen LogP contribution in [0.3, 0.4) is 0 Å². The molecule has 1 aromatic carbocycles. The van der Waals surface area contributed by atoms with E-state index in [1.807, 2.05) is 6.92 Å². The minimum absolute atomic E-state index is 0.0109. The van der Waals surface area contributed by atoms with Gasteiger partial charge in [0.2, 0.25) is 11.8 Å². The number of carboxylic acids is 1. The first-order chi connectivity index (χ1) is 11.7. The second kappa shape index (κ2) is 9.02. The van der Waals surface area contributed by atoms with Gasteiger partial charge in [0.1, 0.15) is 6.04 Å². The van der Waals surface area contributed by atoms with Gasteiger partial charge < -0.3 is 16.2 Å². The second-order valence-electron chi connectivity index (χ2n) is 5.36. The van der Waals surface area contributed by atoms with Crippen molar-refractivity contribution in [1.82, 2.24) is 5.32 Å². The summed E-state index contributed by atoms with van der Waals surface area (Å²) in [4.78, 5) is 44.9. The third kappa shape index (κ3) is 5.75. The maximum Gasteiger partial charge on any atom is 0.326 e. The number of rotatable bonds is 9. The number of hydrogen-bond donors (Lipinski definition) is 3. The number of carbonyl (C=O) groups excluding carboxylic acids is 2. The fraction of sp³-hybridized carbons (Fsp3) is 0.400. The number of carbonyl (C=O) groups is 3. The highest BCUT2D eigenvalue weighted by Crippen LogP contribution is 2.30. The van der Waals surface area contributed by atoms with Crippen molar-refractivity contribution in [2.24, 2.45) is 11.7 Å². The number of nitro groups is 1. The van der Waals surface area contributed by atoms with Gasteiger partial charge in [0.05, 0.1) is 15.6 Å². The third-order valence-electron chi connectivity index (χ3n) is 3.59. The van der Waals surface area contributed by atoms with E-state index >= 15 is 0 Å². The van der Waals surface area contributed by atoms with E-state index in [1.165, 1.54) is 12.1 Å². The van der Waals surface area contributed by atoms with Gasteiger partial charge in [0.15, 0.2) is 0 Å². The molecule has 1 rings (SSSR count). The lowest BCUT2D eigenvalue weighted by atomic mass is 9.99. The van der Waals surface area contributed by atoms with Crippen LogP contribution in [0.15, 0.2) is 23.1 Å². The molecule has 0 aliphatic carbocycles. The van der Waals surface area contributed by atoms with Crippen molar-refractivity contribution < 1.29 is 24.4 Å². The number of amides is 2. The molecule has 1 aromatic rings. The van der Waals surface area contributed by atoms with Crippen LogP contribution < -0.4 is 11.1 Å². The number of benzene rings is 1. The molecule has 0 aliphatic heterocycles. The Balaban J connectivity index is 2.83. The summed E-state index contributed by atoms with van der Waals surface area (Å²) in [6.07, 6.45) is 0.574. The van der Waals surface area contributed by atoms with Gasteiger partial charge in [-0.2, -0.15) is 0 Å². The van der Waals surface area contributed by atoms with Gasteiger partial charge >= 0.3 is 5.97 Å². The van der Waals surface area contributed by atoms with Gasteiger partial charge in [-0.25, -0.2) is 4.79 Å². The first kappa shape index (κ1) is 20.4. The molecule has 136 valence electrons. The Kier molecular flexibility index (Phi) is 7.37. The van der Waals surface area contributed by atoms with Crippen LogP contribution in [0.4, 0.5) is 5.69 Å². The Morgan fingerprint density at radius 2 is 2.04 bits per heavy atom. The van der Waals surface area contributed by atoms with Gasteiger partial charge in [0.25, 0.3) is 5.69 Å². The second-order valence-corrected chi connectivity index (χ2v) is 6.38. The zero-order valence-electron chi connectivity index (χ0n) is 13.7. The third-order valence-corrected chi connectivity index (χ3v) is 4.66. The minimum Gasteiger partial charge on any atom is -0.480 e. The van der Waals surface area contributed by atoms with Crippen molar-refractivity contribution in [3.63, 3.8) is 0 Å². The Hall–Kier alpha value is -2.62. The highest BCUT2D eigenvalue weighted by atomic mass is 32.2. The molecule has 0 heterocycles. The first-order valence-electron chi connectivity index (χ1n) is 7.40. The molecular weight excluding hydrogens is 350 g/mol. The van der Waals surface area contributed by atoms with Gasteiger partial charge in [-0.05, 0) is 18.1 Å². The number of nitrogens with one attached hydrogen (secondary N) is 1. The molecular formula is C15H19N3O6S. The Morgan fingerprint density at radius 3 is 2.52 bits per heavy atom. The number of hydrogen-bond acceptors (Lipinski definition) is 6. The van der Waals surface area contributed by atoms with Crippen molar-refractivity contribution >= 4 is 35.2 Å². The molecule has 0 radical (unpaired) electrons. The number of carboxylic acid groups (broad SMARTS) is 1. The van der Waals surface area contributed by atoms with E-state index in [1.54, 1.807) is 6.92 Å². The summed E-state index contributed by atoms with van der Waals surface area (Å²) >= 11 is 0.878. The predicted molar refractivity (Wildman–Crippen MR) is 91.4 cm³/mol. The molecule has 2 amide bonds. The first-order valence-corrected chi connectivity index (χ1v) is 8.39. The van der Waals surface area contributed by atoms with E-state index in [4.69, 9.17) is 10.8 Å².